The van der Waals surface area contributed by atoms with E-state index in [1.165, 1.54) is 25.7 Å². The SMILES string of the molecule is CCCCCCCOc1ccccc1-c1ncncc1OCC(C)CC. The lowest BCUT2D eigenvalue weighted by Crippen LogP contribution is -2.09. The first-order valence-electron chi connectivity index (χ1n) is 9.91. The fraction of sp³-hybridized carbons (Fsp3) is 0.545. The van der Waals surface area contributed by atoms with Crippen LogP contribution in [-0.4, -0.2) is 23.2 Å². The van der Waals surface area contributed by atoms with E-state index in [1.54, 1.807) is 12.5 Å². The standard InChI is InChI=1S/C22H32N2O2/c1-4-6-7-8-11-14-25-20-13-10-9-12-19(20)22-21(15-23-17-24-22)26-16-18(3)5-2/h9-10,12-13,15,17-18H,4-8,11,14,16H2,1-3H3. The molecule has 4 heteroatoms. The summed E-state index contributed by atoms with van der Waals surface area (Å²) in [7, 11) is 0. The van der Waals surface area contributed by atoms with Crippen molar-refractivity contribution in [1.82, 2.24) is 9.97 Å². The van der Waals surface area contributed by atoms with Gasteiger partial charge in [-0.25, -0.2) is 9.97 Å². The first-order valence-corrected chi connectivity index (χ1v) is 9.91. The van der Waals surface area contributed by atoms with Gasteiger partial charge in [0.25, 0.3) is 0 Å². The maximum absolute atomic E-state index is 6.06. The van der Waals surface area contributed by atoms with E-state index in [1.807, 2.05) is 24.3 Å². The van der Waals surface area contributed by atoms with Gasteiger partial charge in [0.05, 0.1) is 19.4 Å². The van der Waals surface area contributed by atoms with E-state index >= 15 is 0 Å². The quantitative estimate of drug-likeness (QED) is 0.443. The highest BCUT2D eigenvalue weighted by Gasteiger charge is 2.14. The molecule has 2 aromatic rings. The zero-order valence-electron chi connectivity index (χ0n) is 16.4. The summed E-state index contributed by atoms with van der Waals surface area (Å²) >= 11 is 0. The van der Waals surface area contributed by atoms with Gasteiger partial charge >= 0.3 is 0 Å². The van der Waals surface area contributed by atoms with Crippen molar-refractivity contribution >= 4 is 0 Å². The highest BCUT2D eigenvalue weighted by atomic mass is 16.5. The fourth-order valence-electron chi connectivity index (χ4n) is 2.65. The van der Waals surface area contributed by atoms with Gasteiger partial charge in [-0.05, 0) is 24.5 Å². The molecule has 0 radical (unpaired) electrons. The lowest BCUT2D eigenvalue weighted by molar-refractivity contribution is 0.255. The second-order valence-corrected chi connectivity index (χ2v) is 6.82. The molecule has 142 valence electrons. The van der Waals surface area contributed by atoms with Crippen LogP contribution in [0.5, 0.6) is 11.5 Å². The third-order valence-corrected chi connectivity index (χ3v) is 4.55. The minimum Gasteiger partial charge on any atom is -0.493 e. The second-order valence-electron chi connectivity index (χ2n) is 6.82. The number of nitrogens with zero attached hydrogens (tertiary/aromatic N) is 2. The van der Waals surface area contributed by atoms with Crippen molar-refractivity contribution in [3.8, 4) is 22.8 Å². The zero-order chi connectivity index (χ0) is 18.6. The molecule has 0 aliphatic carbocycles. The zero-order valence-corrected chi connectivity index (χ0v) is 16.4. The number of benzene rings is 1. The lowest BCUT2D eigenvalue weighted by atomic mass is 10.1. The van der Waals surface area contributed by atoms with Gasteiger partial charge in [0.15, 0.2) is 5.75 Å². The highest BCUT2D eigenvalue weighted by Crippen LogP contribution is 2.34. The Morgan fingerprint density at radius 2 is 1.77 bits per heavy atom. The number of hydrogen-bond acceptors (Lipinski definition) is 4. The molecule has 1 aromatic heterocycles. The molecule has 0 N–H and O–H groups in total. The molecule has 4 nitrogen and oxygen atoms in total. The van der Waals surface area contributed by atoms with Gasteiger partial charge in [0.1, 0.15) is 17.8 Å². The Morgan fingerprint density at radius 3 is 2.58 bits per heavy atom. The summed E-state index contributed by atoms with van der Waals surface area (Å²) in [6, 6.07) is 8.04. The molecule has 0 amide bonds. The van der Waals surface area contributed by atoms with E-state index in [0.717, 1.165) is 36.5 Å². The Hall–Kier alpha value is -2.10. The van der Waals surface area contributed by atoms with E-state index < -0.39 is 0 Å². The molecular formula is C22H32N2O2. The summed E-state index contributed by atoms with van der Waals surface area (Å²) < 4.78 is 12.0. The number of para-hydroxylation sites is 1. The topological polar surface area (TPSA) is 44.2 Å². The van der Waals surface area contributed by atoms with Crippen LogP contribution in [0.4, 0.5) is 0 Å². The summed E-state index contributed by atoms with van der Waals surface area (Å²) in [5.74, 6) is 2.07. The molecule has 1 atom stereocenters. The highest BCUT2D eigenvalue weighted by molar-refractivity contribution is 5.71. The molecule has 1 unspecified atom stereocenters. The lowest BCUT2D eigenvalue weighted by Gasteiger charge is -2.15. The van der Waals surface area contributed by atoms with Crippen LogP contribution in [0.2, 0.25) is 0 Å². The van der Waals surface area contributed by atoms with Crippen molar-refractivity contribution in [3.05, 3.63) is 36.8 Å². The van der Waals surface area contributed by atoms with Crippen molar-refractivity contribution in [2.75, 3.05) is 13.2 Å². The molecule has 0 saturated carbocycles. The van der Waals surface area contributed by atoms with E-state index in [-0.39, 0.29) is 0 Å². The Morgan fingerprint density at radius 1 is 0.962 bits per heavy atom. The summed E-state index contributed by atoms with van der Waals surface area (Å²) in [6.07, 6.45) is 10.5. The molecule has 1 heterocycles. The monoisotopic (exact) mass is 356 g/mol. The van der Waals surface area contributed by atoms with Crippen LogP contribution in [0, 0.1) is 5.92 Å². The minimum absolute atomic E-state index is 0.498. The van der Waals surface area contributed by atoms with Crippen molar-refractivity contribution in [3.63, 3.8) is 0 Å². The summed E-state index contributed by atoms with van der Waals surface area (Å²) in [6.45, 7) is 7.97. The average Bonchev–Trinajstić information content (AvgIpc) is 2.69. The van der Waals surface area contributed by atoms with Crippen LogP contribution in [0.15, 0.2) is 36.8 Å². The van der Waals surface area contributed by atoms with Gasteiger partial charge in [0, 0.05) is 5.56 Å². The molecule has 0 saturated heterocycles. The van der Waals surface area contributed by atoms with Gasteiger partial charge in [-0.3, -0.25) is 0 Å². The number of ether oxygens (including phenoxy) is 2. The van der Waals surface area contributed by atoms with Crippen molar-refractivity contribution in [2.45, 2.75) is 59.3 Å². The van der Waals surface area contributed by atoms with Crippen molar-refractivity contribution in [1.29, 1.82) is 0 Å². The predicted octanol–water partition coefficient (Wildman–Crippen LogP) is 5.92. The summed E-state index contributed by atoms with van der Waals surface area (Å²) in [4.78, 5) is 8.60. The number of unbranched alkanes of at least 4 members (excludes halogenated alkanes) is 4. The first-order chi connectivity index (χ1) is 12.8. The molecular weight excluding hydrogens is 324 g/mol. The second kappa shape index (κ2) is 11.5. The number of aromatic nitrogens is 2. The Balaban J connectivity index is 2.06. The minimum atomic E-state index is 0.498. The molecule has 26 heavy (non-hydrogen) atoms. The molecule has 0 aliphatic heterocycles. The first kappa shape index (κ1) is 20.2. The number of rotatable bonds is 12. The fourth-order valence-corrected chi connectivity index (χ4v) is 2.65. The van der Waals surface area contributed by atoms with Gasteiger partial charge in [-0.2, -0.15) is 0 Å². The van der Waals surface area contributed by atoms with Gasteiger partial charge in [0.2, 0.25) is 0 Å². The Kier molecular flexibility index (Phi) is 8.94. The van der Waals surface area contributed by atoms with Crippen LogP contribution in [-0.2, 0) is 0 Å². The van der Waals surface area contributed by atoms with E-state index in [2.05, 4.69) is 30.7 Å². The predicted molar refractivity (Wildman–Crippen MR) is 107 cm³/mol. The van der Waals surface area contributed by atoms with Crippen LogP contribution in [0.3, 0.4) is 0 Å². The molecule has 0 bridgehead atoms. The maximum Gasteiger partial charge on any atom is 0.164 e. The average molecular weight is 357 g/mol. The molecule has 0 spiro atoms. The summed E-state index contributed by atoms with van der Waals surface area (Å²) in [5.41, 5.74) is 1.76. The van der Waals surface area contributed by atoms with E-state index in [4.69, 9.17) is 9.47 Å². The van der Waals surface area contributed by atoms with Crippen LogP contribution in [0.25, 0.3) is 11.3 Å². The van der Waals surface area contributed by atoms with Gasteiger partial charge < -0.3 is 9.47 Å². The normalized spacial score (nSPS) is 12.0. The smallest absolute Gasteiger partial charge is 0.164 e. The van der Waals surface area contributed by atoms with Crippen molar-refractivity contribution in [2.24, 2.45) is 5.92 Å². The Bertz CT molecular complexity index is 646. The van der Waals surface area contributed by atoms with Crippen molar-refractivity contribution < 1.29 is 9.47 Å². The summed E-state index contributed by atoms with van der Waals surface area (Å²) in [5, 5.41) is 0. The Labute approximate surface area is 158 Å². The third-order valence-electron chi connectivity index (χ3n) is 4.55. The number of hydrogen-bond donors (Lipinski definition) is 0. The molecule has 1 aromatic carbocycles. The maximum atomic E-state index is 6.06. The third kappa shape index (κ3) is 6.32. The van der Waals surface area contributed by atoms with Crippen LogP contribution < -0.4 is 9.47 Å². The van der Waals surface area contributed by atoms with Gasteiger partial charge in [-0.1, -0.05) is 65.0 Å². The van der Waals surface area contributed by atoms with E-state index in [9.17, 15) is 0 Å². The van der Waals surface area contributed by atoms with E-state index in [0.29, 0.717) is 18.3 Å². The molecule has 0 aliphatic rings. The van der Waals surface area contributed by atoms with Crippen LogP contribution >= 0.6 is 0 Å². The molecule has 2 rings (SSSR count). The molecule has 0 fully saturated rings. The van der Waals surface area contributed by atoms with Crippen LogP contribution in [0.1, 0.15) is 59.3 Å². The van der Waals surface area contributed by atoms with Gasteiger partial charge in [-0.15, -0.1) is 0 Å². The largest absolute Gasteiger partial charge is 0.493 e.